The standard InChI is InChI=1S/C37H35FN2O6/c1-3-5-8-19-43-27-14-11-24(12-15-27)37(41)45-28-16-17-29-33(21-28)46-36(40)30(22-39)35(29)25-13-18-32(34(20-25)42-4-2)44-23-26-9-6-7-10-31(26)38/h6-7,9-18,20-21,35H,3-5,8,19,23,40H2,1-2H3. The first-order valence-corrected chi connectivity index (χ1v) is 15.2. The molecule has 2 N–H and O–H groups in total. The van der Waals surface area contributed by atoms with Crippen LogP contribution in [0.1, 0.15) is 66.1 Å². The second kappa shape index (κ2) is 15.0. The quantitative estimate of drug-likeness (QED) is 0.0913. The largest absolute Gasteiger partial charge is 0.494 e. The van der Waals surface area contributed by atoms with Crippen LogP contribution in [0.15, 0.2) is 96.4 Å². The van der Waals surface area contributed by atoms with Crippen LogP contribution in [-0.4, -0.2) is 19.2 Å². The number of esters is 1. The van der Waals surface area contributed by atoms with E-state index in [0.717, 1.165) is 19.3 Å². The molecule has 1 atom stereocenters. The van der Waals surface area contributed by atoms with Crippen molar-refractivity contribution in [3.63, 3.8) is 0 Å². The van der Waals surface area contributed by atoms with Crippen molar-refractivity contribution in [2.24, 2.45) is 5.73 Å². The van der Waals surface area contributed by atoms with Crippen molar-refractivity contribution >= 4 is 5.97 Å². The van der Waals surface area contributed by atoms with E-state index >= 15 is 0 Å². The van der Waals surface area contributed by atoms with E-state index < -0.39 is 11.9 Å². The number of carbonyl (C=O) groups excluding carboxylic acids is 1. The normalized spacial score (nSPS) is 13.7. The zero-order valence-corrected chi connectivity index (χ0v) is 25.8. The van der Waals surface area contributed by atoms with Crippen LogP contribution in [0.5, 0.6) is 28.7 Å². The zero-order chi connectivity index (χ0) is 32.5. The number of fused-ring (bicyclic) bond motifs is 1. The van der Waals surface area contributed by atoms with Gasteiger partial charge in [-0.3, -0.25) is 0 Å². The van der Waals surface area contributed by atoms with Gasteiger partial charge in [0.2, 0.25) is 5.88 Å². The summed E-state index contributed by atoms with van der Waals surface area (Å²) >= 11 is 0. The van der Waals surface area contributed by atoms with Crippen molar-refractivity contribution < 1.29 is 32.9 Å². The van der Waals surface area contributed by atoms with Gasteiger partial charge in [-0.15, -0.1) is 0 Å². The fourth-order valence-electron chi connectivity index (χ4n) is 5.10. The molecule has 46 heavy (non-hydrogen) atoms. The molecule has 1 aliphatic heterocycles. The number of halogens is 1. The van der Waals surface area contributed by atoms with Gasteiger partial charge >= 0.3 is 5.97 Å². The Balaban J connectivity index is 1.36. The maximum Gasteiger partial charge on any atom is 0.343 e. The summed E-state index contributed by atoms with van der Waals surface area (Å²) < 4.78 is 43.1. The average Bonchev–Trinajstić information content (AvgIpc) is 3.06. The first kappa shape index (κ1) is 31.9. The minimum atomic E-state index is -0.594. The van der Waals surface area contributed by atoms with E-state index in [0.29, 0.717) is 58.5 Å². The lowest BCUT2D eigenvalue weighted by molar-refractivity contribution is 0.0734. The van der Waals surface area contributed by atoms with Crippen LogP contribution >= 0.6 is 0 Å². The maximum absolute atomic E-state index is 14.2. The lowest BCUT2D eigenvalue weighted by atomic mass is 9.83. The smallest absolute Gasteiger partial charge is 0.343 e. The molecule has 4 aromatic carbocycles. The molecule has 1 unspecified atom stereocenters. The predicted molar refractivity (Wildman–Crippen MR) is 171 cm³/mol. The Kier molecular flexibility index (Phi) is 10.4. The predicted octanol–water partition coefficient (Wildman–Crippen LogP) is 7.81. The molecule has 0 spiro atoms. The van der Waals surface area contributed by atoms with E-state index in [1.165, 1.54) is 6.07 Å². The molecule has 8 nitrogen and oxygen atoms in total. The first-order chi connectivity index (χ1) is 22.4. The number of rotatable bonds is 13. The number of hydrogen-bond donors (Lipinski definition) is 1. The molecule has 0 bridgehead atoms. The highest BCUT2D eigenvalue weighted by molar-refractivity contribution is 5.91. The van der Waals surface area contributed by atoms with Crippen molar-refractivity contribution in [3.05, 3.63) is 124 Å². The summed E-state index contributed by atoms with van der Waals surface area (Å²) in [7, 11) is 0. The SMILES string of the molecule is CCCCCOc1ccc(C(=O)Oc2ccc3c(c2)OC(N)=C(C#N)C3c2ccc(OCc3ccccc3F)c(OCC)c2)cc1. The molecule has 0 fully saturated rings. The summed E-state index contributed by atoms with van der Waals surface area (Å²) in [5.74, 6) is 0.591. The van der Waals surface area contributed by atoms with Crippen molar-refractivity contribution in [1.29, 1.82) is 5.26 Å². The molecule has 0 aromatic heterocycles. The Morgan fingerprint density at radius 2 is 1.70 bits per heavy atom. The molecule has 0 radical (unpaired) electrons. The van der Waals surface area contributed by atoms with Crippen molar-refractivity contribution in [1.82, 2.24) is 0 Å². The fraction of sp³-hybridized carbons (Fsp3) is 0.243. The molecule has 5 rings (SSSR count). The van der Waals surface area contributed by atoms with E-state index in [2.05, 4.69) is 13.0 Å². The summed E-state index contributed by atoms with van der Waals surface area (Å²) in [6, 6.07) is 25.6. The summed E-state index contributed by atoms with van der Waals surface area (Å²) in [5.41, 5.74) is 8.57. The molecule has 236 valence electrons. The van der Waals surface area contributed by atoms with Crippen LogP contribution in [-0.2, 0) is 6.61 Å². The number of carbonyl (C=O) groups is 1. The van der Waals surface area contributed by atoms with E-state index in [4.69, 9.17) is 29.4 Å². The van der Waals surface area contributed by atoms with Crippen molar-refractivity contribution in [2.75, 3.05) is 13.2 Å². The fourth-order valence-corrected chi connectivity index (χ4v) is 5.10. The van der Waals surface area contributed by atoms with Gasteiger partial charge in [0.15, 0.2) is 11.5 Å². The third kappa shape index (κ3) is 7.41. The number of ether oxygens (including phenoxy) is 5. The van der Waals surface area contributed by atoms with E-state index in [1.54, 1.807) is 78.9 Å². The number of benzene rings is 4. The number of nitriles is 1. The van der Waals surface area contributed by atoms with Gasteiger partial charge in [0.05, 0.1) is 24.7 Å². The van der Waals surface area contributed by atoms with Crippen LogP contribution in [0, 0.1) is 17.1 Å². The third-order valence-electron chi connectivity index (χ3n) is 7.45. The number of nitrogens with zero attached hydrogens (tertiary/aromatic N) is 1. The Morgan fingerprint density at radius 1 is 0.913 bits per heavy atom. The second-order valence-corrected chi connectivity index (χ2v) is 10.6. The Labute approximate surface area is 267 Å². The van der Waals surface area contributed by atoms with Crippen LogP contribution in [0.2, 0.25) is 0 Å². The van der Waals surface area contributed by atoms with Crippen LogP contribution in [0.3, 0.4) is 0 Å². The minimum Gasteiger partial charge on any atom is -0.494 e. The monoisotopic (exact) mass is 622 g/mol. The Bertz CT molecular complexity index is 1760. The van der Waals surface area contributed by atoms with Gasteiger partial charge in [-0.2, -0.15) is 5.26 Å². The average molecular weight is 623 g/mol. The number of nitrogens with two attached hydrogens (primary N) is 1. The maximum atomic E-state index is 14.2. The second-order valence-electron chi connectivity index (χ2n) is 10.6. The zero-order valence-electron chi connectivity index (χ0n) is 25.8. The number of unbranched alkanes of at least 4 members (excludes halogenated alkanes) is 2. The Morgan fingerprint density at radius 3 is 2.43 bits per heavy atom. The molecule has 0 saturated heterocycles. The van der Waals surface area contributed by atoms with Crippen molar-refractivity contribution in [2.45, 2.75) is 45.6 Å². The molecule has 0 amide bonds. The minimum absolute atomic E-state index is 0.0148. The lowest BCUT2D eigenvalue weighted by Crippen LogP contribution is -2.21. The van der Waals surface area contributed by atoms with Gasteiger partial charge < -0.3 is 29.4 Å². The first-order valence-electron chi connectivity index (χ1n) is 15.2. The number of allylic oxidation sites excluding steroid dienone is 1. The highest BCUT2D eigenvalue weighted by Crippen LogP contribution is 2.45. The van der Waals surface area contributed by atoms with E-state index in [9.17, 15) is 14.4 Å². The topological polar surface area (TPSA) is 113 Å². The van der Waals surface area contributed by atoms with Gasteiger partial charge in [0, 0.05) is 17.2 Å². The lowest BCUT2D eigenvalue weighted by Gasteiger charge is -2.27. The van der Waals surface area contributed by atoms with Crippen LogP contribution in [0.25, 0.3) is 0 Å². The van der Waals surface area contributed by atoms with Gasteiger partial charge in [-0.25, -0.2) is 9.18 Å². The molecule has 0 saturated carbocycles. The highest BCUT2D eigenvalue weighted by Gasteiger charge is 2.32. The van der Waals surface area contributed by atoms with Gasteiger partial charge in [-0.05, 0) is 67.4 Å². The van der Waals surface area contributed by atoms with E-state index in [-0.39, 0.29) is 29.6 Å². The molecule has 9 heteroatoms. The summed E-state index contributed by atoms with van der Waals surface area (Å²) in [6.07, 6.45) is 3.19. The molecular formula is C37H35FN2O6. The van der Waals surface area contributed by atoms with Gasteiger partial charge in [0.1, 0.15) is 41.3 Å². The third-order valence-corrected chi connectivity index (χ3v) is 7.45. The Hall–Kier alpha value is -5.49. The molecule has 1 heterocycles. The van der Waals surface area contributed by atoms with Crippen LogP contribution < -0.4 is 29.4 Å². The van der Waals surface area contributed by atoms with E-state index in [1.807, 2.05) is 6.92 Å². The van der Waals surface area contributed by atoms with Crippen LogP contribution in [0.4, 0.5) is 4.39 Å². The highest BCUT2D eigenvalue weighted by atomic mass is 19.1. The number of hydrogen-bond acceptors (Lipinski definition) is 8. The summed E-state index contributed by atoms with van der Waals surface area (Å²) in [4.78, 5) is 12.9. The molecule has 4 aromatic rings. The van der Waals surface area contributed by atoms with Gasteiger partial charge in [-0.1, -0.05) is 50.1 Å². The molecular weight excluding hydrogens is 587 g/mol. The van der Waals surface area contributed by atoms with Gasteiger partial charge in [0.25, 0.3) is 0 Å². The summed E-state index contributed by atoms with van der Waals surface area (Å²) in [5, 5.41) is 10.0. The summed E-state index contributed by atoms with van der Waals surface area (Å²) in [6.45, 7) is 4.97. The molecule has 1 aliphatic rings. The molecule has 0 aliphatic carbocycles. The van der Waals surface area contributed by atoms with Crippen molar-refractivity contribution in [3.8, 4) is 34.8 Å².